The van der Waals surface area contributed by atoms with Crippen molar-refractivity contribution in [1.29, 1.82) is 0 Å². The molecular formula is C26H35N3O4. The number of hydrogen-bond donors (Lipinski definition) is 2. The minimum atomic E-state index is -0.731. The molecule has 1 unspecified atom stereocenters. The van der Waals surface area contributed by atoms with E-state index in [1.54, 1.807) is 19.2 Å². The summed E-state index contributed by atoms with van der Waals surface area (Å²) in [4.78, 5) is 25.3. The van der Waals surface area contributed by atoms with Gasteiger partial charge in [0.15, 0.2) is 11.5 Å². The lowest BCUT2D eigenvalue weighted by atomic mass is 10.0. The van der Waals surface area contributed by atoms with Gasteiger partial charge in [0, 0.05) is 11.1 Å². The van der Waals surface area contributed by atoms with E-state index in [0.717, 1.165) is 24.8 Å². The van der Waals surface area contributed by atoms with Gasteiger partial charge in [0.1, 0.15) is 6.04 Å². The number of amides is 2. The smallest absolute Gasteiger partial charge is 0.262 e. The summed E-state index contributed by atoms with van der Waals surface area (Å²) in [7, 11) is 1.58. The molecule has 0 radical (unpaired) electrons. The SMILES string of the molecule is CCCCCOc1c(/C=N/NC(=O)C(NC(=O)c2ccc(C)cc2)C(C)C)cccc1OC. The standard InChI is InChI=1S/C26H35N3O4/c1-6-7-8-16-33-24-21(10-9-11-22(24)32-5)17-27-29-26(31)23(18(2)3)28-25(30)20-14-12-19(4)13-15-20/h9-15,17-18,23H,6-8,16H2,1-5H3,(H,28,30)(H,29,31)/b27-17+. The number of carbonyl (C=O) groups is 2. The van der Waals surface area contributed by atoms with Gasteiger partial charge in [0.05, 0.1) is 19.9 Å². The van der Waals surface area contributed by atoms with Gasteiger partial charge < -0.3 is 14.8 Å². The maximum absolute atomic E-state index is 12.8. The molecule has 2 rings (SSSR count). The normalized spacial score (nSPS) is 11.9. The Labute approximate surface area is 196 Å². The second-order valence-corrected chi connectivity index (χ2v) is 8.23. The van der Waals surface area contributed by atoms with E-state index in [0.29, 0.717) is 29.2 Å². The number of nitrogens with zero attached hydrogens (tertiary/aromatic N) is 1. The Morgan fingerprint density at radius 3 is 2.45 bits per heavy atom. The van der Waals surface area contributed by atoms with E-state index in [1.165, 1.54) is 6.21 Å². The van der Waals surface area contributed by atoms with E-state index in [1.807, 2.05) is 51.1 Å². The number of nitrogens with one attached hydrogen (secondary N) is 2. The summed E-state index contributed by atoms with van der Waals surface area (Å²) >= 11 is 0. The van der Waals surface area contributed by atoms with Gasteiger partial charge in [-0.2, -0.15) is 5.10 Å². The van der Waals surface area contributed by atoms with Gasteiger partial charge in [-0.05, 0) is 43.5 Å². The van der Waals surface area contributed by atoms with Crippen LogP contribution in [0.4, 0.5) is 0 Å². The lowest BCUT2D eigenvalue weighted by Gasteiger charge is -2.20. The summed E-state index contributed by atoms with van der Waals surface area (Å²) < 4.78 is 11.3. The first-order valence-corrected chi connectivity index (χ1v) is 11.4. The van der Waals surface area contributed by atoms with Gasteiger partial charge in [-0.15, -0.1) is 0 Å². The second kappa shape index (κ2) is 13.3. The first-order valence-electron chi connectivity index (χ1n) is 11.4. The third-order valence-electron chi connectivity index (χ3n) is 5.15. The molecular weight excluding hydrogens is 418 g/mol. The van der Waals surface area contributed by atoms with E-state index < -0.39 is 11.9 Å². The summed E-state index contributed by atoms with van der Waals surface area (Å²) in [5, 5.41) is 6.91. The number of aryl methyl sites for hydroxylation is 1. The van der Waals surface area contributed by atoms with Crippen LogP contribution in [-0.2, 0) is 4.79 Å². The van der Waals surface area contributed by atoms with Crippen molar-refractivity contribution in [3.8, 4) is 11.5 Å². The van der Waals surface area contributed by atoms with Crippen LogP contribution in [0.3, 0.4) is 0 Å². The van der Waals surface area contributed by atoms with Gasteiger partial charge >= 0.3 is 0 Å². The summed E-state index contributed by atoms with van der Waals surface area (Å²) in [6.45, 7) is 8.40. The molecule has 0 saturated carbocycles. The monoisotopic (exact) mass is 453 g/mol. The summed E-state index contributed by atoms with van der Waals surface area (Å²) in [5.41, 5.74) is 4.79. The molecule has 7 heteroatoms. The average Bonchev–Trinajstić information content (AvgIpc) is 2.80. The molecule has 0 fully saturated rings. The molecule has 2 aromatic carbocycles. The molecule has 2 amide bonds. The highest BCUT2D eigenvalue weighted by Crippen LogP contribution is 2.30. The molecule has 2 N–H and O–H groups in total. The maximum atomic E-state index is 12.8. The zero-order valence-electron chi connectivity index (χ0n) is 20.2. The average molecular weight is 454 g/mol. The predicted octanol–water partition coefficient (Wildman–Crippen LogP) is 4.48. The highest BCUT2D eigenvalue weighted by molar-refractivity contribution is 5.97. The fraction of sp³-hybridized carbons (Fsp3) is 0.423. The number of benzene rings is 2. The Bertz CT molecular complexity index is 939. The van der Waals surface area contributed by atoms with Crippen LogP contribution in [0.15, 0.2) is 47.6 Å². The van der Waals surface area contributed by atoms with E-state index in [2.05, 4.69) is 22.8 Å². The first kappa shape index (κ1) is 25.9. The maximum Gasteiger partial charge on any atom is 0.262 e. The molecule has 0 aliphatic heterocycles. The van der Waals surface area contributed by atoms with Gasteiger partial charge in [-0.3, -0.25) is 9.59 Å². The van der Waals surface area contributed by atoms with Crippen LogP contribution in [0.1, 0.15) is 61.5 Å². The van der Waals surface area contributed by atoms with Crippen molar-refractivity contribution in [2.24, 2.45) is 11.0 Å². The van der Waals surface area contributed by atoms with Crippen LogP contribution in [0.2, 0.25) is 0 Å². The molecule has 0 saturated heterocycles. The lowest BCUT2D eigenvalue weighted by molar-refractivity contribution is -0.123. The molecule has 7 nitrogen and oxygen atoms in total. The fourth-order valence-electron chi connectivity index (χ4n) is 3.18. The number of hydrazone groups is 1. The largest absolute Gasteiger partial charge is 0.493 e. The molecule has 0 aliphatic rings. The molecule has 0 aliphatic carbocycles. The van der Waals surface area contributed by atoms with Gasteiger partial charge in [0.2, 0.25) is 0 Å². The third kappa shape index (κ3) is 7.93. The van der Waals surface area contributed by atoms with Crippen molar-refractivity contribution in [1.82, 2.24) is 10.7 Å². The Balaban J connectivity index is 2.06. The quantitative estimate of drug-likeness (QED) is 0.282. The van der Waals surface area contributed by atoms with E-state index in [4.69, 9.17) is 9.47 Å². The predicted molar refractivity (Wildman–Crippen MR) is 131 cm³/mol. The highest BCUT2D eigenvalue weighted by atomic mass is 16.5. The molecule has 2 aromatic rings. The number of methoxy groups -OCH3 is 1. The Morgan fingerprint density at radius 2 is 1.82 bits per heavy atom. The minimum Gasteiger partial charge on any atom is -0.493 e. The number of ether oxygens (including phenoxy) is 2. The van der Waals surface area contributed by atoms with Crippen LogP contribution >= 0.6 is 0 Å². The number of para-hydroxylation sites is 1. The van der Waals surface area contributed by atoms with Gasteiger partial charge in [-0.1, -0.05) is 57.4 Å². The van der Waals surface area contributed by atoms with Crippen molar-refractivity contribution in [3.63, 3.8) is 0 Å². The number of carbonyl (C=O) groups excluding carboxylic acids is 2. The van der Waals surface area contributed by atoms with E-state index >= 15 is 0 Å². The number of unbranched alkanes of at least 4 members (excludes halogenated alkanes) is 2. The Morgan fingerprint density at radius 1 is 1.09 bits per heavy atom. The number of rotatable bonds is 12. The topological polar surface area (TPSA) is 89.0 Å². The van der Waals surface area contributed by atoms with Crippen molar-refractivity contribution >= 4 is 18.0 Å². The van der Waals surface area contributed by atoms with Crippen molar-refractivity contribution in [2.75, 3.05) is 13.7 Å². The summed E-state index contributed by atoms with van der Waals surface area (Å²) in [6.07, 6.45) is 4.65. The van der Waals surface area contributed by atoms with Crippen LogP contribution in [0, 0.1) is 12.8 Å². The molecule has 33 heavy (non-hydrogen) atoms. The van der Waals surface area contributed by atoms with Gasteiger partial charge in [-0.25, -0.2) is 5.43 Å². The molecule has 1 atom stereocenters. The Hall–Kier alpha value is -3.35. The molecule has 0 heterocycles. The Kier molecular flexibility index (Phi) is 10.4. The summed E-state index contributed by atoms with van der Waals surface area (Å²) in [6, 6.07) is 12.0. The highest BCUT2D eigenvalue weighted by Gasteiger charge is 2.24. The van der Waals surface area contributed by atoms with Gasteiger partial charge in [0.25, 0.3) is 11.8 Å². The van der Waals surface area contributed by atoms with Crippen molar-refractivity contribution in [2.45, 2.75) is 53.0 Å². The van der Waals surface area contributed by atoms with Crippen LogP contribution in [0.5, 0.6) is 11.5 Å². The number of hydrogen-bond acceptors (Lipinski definition) is 5. The second-order valence-electron chi connectivity index (χ2n) is 8.23. The molecule has 0 bridgehead atoms. The van der Waals surface area contributed by atoms with E-state index in [-0.39, 0.29) is 11.8 Å². The van der Waals surface area contributed by atoms with Crippen molar-refractivity contribution in [3.05, 3.63) is 59.2 Å². The first-order chi connectivity index (χ1) is 15.9. The zero-order valence-corrected chi connectivity index (χ0v) is 20.2. The van der Waals surface area contributed by atoms with Crippen molar-refractivity contribution < 1.29 is 19.1 Å². The van der Waals surface area contributed by atoms with E-state index in [9.17, 15) is 9.59 Å². The summed E-state index contributed by atoms with van der Waals surface area (Å²) in [5.74, 6) is 0.372. The van der Waals surface area contributed by atoms with Crippen LogP contribution < -0.4 is 20.2 Å². The fourth-order valence-corrected chi connectivity index (χ4v) is 3.18. The molecule has 178 valence electrons. The minimum absolute atomic E-state index is 0.121. The lowest BCUT2D eigenvalue weighted by Crippen LogP contribution is -2.48. The zero-order chi connectivity index (χ0) is 24.2. The molecule has 0 aromatic heterocycles. The van der Waals surface area contributed by atoms with Crippen LogP contribution in [-0.4, -0.2) is 37.8 Å². The van der Waals surface area contributed by atoms with Crippen LogP contribution in [0.25, 0.3) is 0 Å². The molecule has 0 spiro atoms. The third-order valence-corrected chi connectivity index (χ3v) is 5.15.